The molecule has 2 rings (SSSR count). The summed E-state index contributed by atoms with van der Waals surface area (Å²) in [5, 5.41) is 11.3. The lowest BCUT2D eigenvalue weighted by atomic mass is 10.2. The molecular formula is C18H18N4O2. The Labute approximate surface area is 140 Å². The molecule has 0 bridgehead atoms. The summed E-state index contributed by atoms with van der Waals surface area (Å²) in [5.74, 6) is -1.26. The number of amides is 2. The normalized spacial score (nSPS) is 9.83. The lowest BCUT2D eigenvalue weighted by Gasteiger charge is -2.20. The molecule has 0 aliphatic heterocycles. The summed E-state index contributed by atoms with van der Waals surface area (Å²) in [6, 6.07) is 12.1. The van der Waals surface area contributed by atoms with Crippen LogP contribution in [0.2, 0.25) is 0 Å². The number of rotatable bonds is 5. The summed E-state index contributed by atoms with van der Waals surface area (Å²) < 4.78 is 0. The molecule has 0 aliphatic rings. The molecule has 6 heteroatoms. The summed E-state index contributed by atoms with van der Waals surface area (Å²) >= 11 is 0. The van der Waals surface area contributed by atoms with E-state index in [9.17, 15) is 9.59 Å². The molecule has 122 valence electrons. The van der Waals surface area contributed by atoms with Gasteiger partial charge < -0.3 is 10.2 Å². The van der Waals surface area contributed by atoms with Crippen LogP contribution in [-0.4, -0.2) is 34.8 Å². The van der Waals surface area contributed by atoms with Gasteiger partial charge in [0.2, 0.25) is 0 Å². The number of nitrogens with zero attached hydrogens (tertiary/aromatic N) is 3. The fourth-order valence-electron chi connectivity index (χ4n) is 2.17. The predicted molar refractivity (Wildman–Crippen MR) is 90.0 cm³/mol. The van der Waals surface area contributed by atoms with Gasteiger partial charge in [0.1, 0.15) is 0 Å². The quantitative estimate of drug-likeness (QED) is 0.853. The Morgan fingerprint density at radius 3 is 2.42 bits per heavy atom. The van der Waals surface area contributed by atoms with Crippen molar-refractivity contribution >= 4 is 17.5 Å². The number of carbonyl (C=O) groups is 2. The second-order valence-corrected chi connectivity index (χ2v) is 5.13. The summed E-state index contributed by atoms with van der Waals surface area (Å²) in [7, 11) is 0. The zero-order valence-electron chi connectivity index (χ0n) is 13.4. The van der Waals surface area contributed by atoms with Crippen LogP contribution in [0.5, 0.6) is 0 Å². The molecule has 0 fully saturated rings. The van der Waals surface area contributed by atoms with Gasteiger partial charge in [0.05, 0.1) is 11.6 Å². The first-order chi connectivity index (χ1) is 11.6. The lowest BCUT2D eigenvalue weighted by molar-refractivity contribution is -0.143. The Balaban J connectivity index is 1.94. The van der Waals surface area contributed by atoms with Gasteiger partial charge in [-0.2, -0.15) is 5.26 Å². The lowest BCUT2D eigenvalue weighted by Crippen LogP contribution is -2.40. The third-order valence-electron chi connectivity index (χ3n) is 3.55. The minimum atomic E-state index is -0.684. The van der Waals surface area contributed by atoms with Gasteiger partial charge in [0, 0.05) is 31.2 Å². The van der Waals surface area contributed by atoms with Crippen molar-refractivity contribution in [3.8, 4) is 6.07 Å². The molecule has 0 saturated carbocycles. The second kappa shape index (κ2) is 8.44. The standard InChI is InChI=1S/C18H18N4O2/c1-2-22(12-9-14-7-10-20-11-8-14)18(24)17(23)21-16-5-3-15(13-19)4-6-16/h3-8,10-11H,2,9,12H2,1H3,(H,21,23). The molecule has 1 aromatic carbocycles. The van der Waals surface area contributed by atoms with Crippen LogP contribution < -0.4 is 5.32 Å². The second-order valence-electron chi connectivity index (χ2n) is 5.13. The molecule has 0 saturated heterocycles. The molecule has 24 heavy (non-hydrogen) atoms. The largest absolute Gasteiger partial charge is 0.334 e. The maximum Gasteiger partial charge on any atom is 0.313 e. The highest BCUT2D eigenvalue weighted by Crippen LogP contribution is 2.09. The summed E-state index contributed by atoms with van der Waals surface area (Å²) in [6.45, 7) is 2.74. The van der Waals surface area contributed by atoms with Crippen LogP contribution >= 0.6 is 0 Å². The first kappa shape index (κ1) is 17.2. The zero-order valence-corrected chi connectivity index (χ0v) is 13.4. The van der Waals surface area contributed by atoms with Crippen molar-refractivity contribution in [1.82, 2.24) is 9.88 Å². The summed E-state index contributed by atoms with van der Waals surface area (Å²) in [4.78, 5) is 29.8. The van der Waals surface area contributed by atoms with Crippen molar-refractivity contribution < 1.29 is 9.59 Å². The molecule has 1 aromatic heterocycles. The Kier molecular flexibility index (Phi) is 6.03. The van der Waals surface area contributed by atoms with Gasteiger partial charge in [-0.15, -0.1) is 0 Å². The number of hydrogen-bond donors (Lipinski definition) is 1. The van der Waals surface area contributed by atoms with Crippen LogP contribution in [0.3, 0.4) is 0 Å². The van der Waals surface area contributed by atoms with Gasteiger partial charge in [-0.1, -0.05) is 0 Å². The van der Waals surface area contributed by atoms with E-state index in [0.717, 1.165) is 5.56 Å². The van der Waals surface area contributed by atoms with Gasteiger partial charge in [-0.05, 0) is 55.3 Å². The minimum absolute atomic E-state index is 0.449. The van der Waals surface area contributed by atoms with E-state index in [1.165, 1.54) is 4.90 Å². The van der Waals surface area contributed by atoms with Crippen LogP contribution in [0.1, 0.15) is 18.1 Å². The van der Waals surface area contributed by atoms with Gasteiger partial charge in [0.15, 0.2) is 0 Å². The molecule has 0 radical (unpaired) electrons. The SMILES string of the molecule is CCN(CCc1ccncc1)C(=O)C(=O)Nc1ccc(C#N)cc1. The first-order valence-electron chi connectivity index (χ1n) is 7.63. The number of carbonyl (C=O) groups excluding carboxylic acids is 2. The highest BCUT2D eigenvalue weighted by Gasteiger charge is 2.20. The number of hydrogen-bond acceptors (Lipinski definition) is 4. The third-order valence-corrected chi connectivity index (χ3v) is 3.55. The fourth-order valence-corrected chi connectivity index (χ4v) is 2.17. The molecule has 0 atom stereocenters. The van der Waals surface area contributed by atoms with Gasteiger partial charge in [-0.25, -0.2) is 0 Å². The molecule has 0 aliphatic carbocycles. The van der Waals surface area contributed by atoms with Crippen molar-refractivity contribution in [2.75, 3.05) is 18.4 Å². The van der Waals surface area contributed by atoms with E-state index in [1.807, 2.05) is 25.1 Å². The van der Waals surface area contributed by atoms with Crippen LogP contribution in [0.4, 0.5) is 5.69 Å². The van der Waals surface area contributed by atoms with E-state index in [0.29, 0.717) is 30.8 Å². The van der Waals surface area contributed by atoms with Crippen molar-refractivity contribution in [3.05, 3.63) is 59.9 Å². The minimum Gasteiger partial charge on any atom is -0.334 e. The fraction of sp³-hybridized carbons (Fsp3) is 0.222. The van der Waals surface area contributed by atoms with Gasteiger partial charge >= 0.3 is 11.8 Å². The molecule has 1 N–H and O–H groups in total. The molecule has 2 aromatic rings. The number of anilines is 1. The van der Waals surface area contributed by atoms with Crippen LogP contribution in [-0.2, 0) is 16.0 Å². The van der Waals surface area contributed by atoms with Gasteiger partial charge in [-0.3, -0.25) is 14.6 Å². The first-order valence-corrected chi connectivity index (χ1v) is 7.63. The maximum absolute atomic E-state index is 12.3. The monoisotopic (exact) mass is 322 g/mol. The summed E-state index contributed by atoms with van der Waals surface area (Å²) in [6.07, 6.45) is 4.06. The average molecular weight is 322 g/mol. The topological polar surface area (TPSA) is 86.1 Å². The van der Waals surface area contributed by atoms with E-state index in [1.54, 1.807) is 36.7 Å². The van der Waals surface area contributed by atoms with E-state index < -0.39 is 11.8 Å². The molecular weight excluding hydrogens is 304 g/mol. The number of aromatic nitrogens is 1. The van der Waals surface area contributed by atoms with Crippen molar-refractivity contribution in [2.24, 2.45) is 0 Å². The average Bonchev–Trinajstić information content (AvgIpc) is 2.63. The van der Waals surface area contributed by atoms with E-state index >= 15 is 0 Å². The maximum atomic E-state index is 12.3. The van der Waals surface area contributed by atoms with Crippen molar-refractivity contribution in [3.63, 3.8) is 0 Å². The molecule has 6 nitrogen and oxygen atoms in total. The zero-order chi connectivity index (χ0) is 17.4. The Bertz CT molecular complexity index is 736. The van der Waals surface area contributed by atoms with E-state index in [2.05, 4.69) is 10.3 Å². The van der Waals surface area contributed by atoms with Crippen molar-refractivity contribution in [2.45, 2.75) is 13.3 Å². The predicted octanol–water partition coefficient (Wildman–Crippen LogP) is 1.98. The number of likely N-dealkylation sites (N-methyl/N-ethyl adjacent to an activating group) is 1. The molecule has 1 heterocycles. The number of pyridine rings is 1. The smallest absolute Gasteiger partial charge is 0.313 e. The van der Waals surface area contributed by atoms with Crippen LogP contribution in [0.15, 0.2) is 48.8 Å². The Morgan fingerprint density at radius 1 is 1.17 bits per heavy atom. The highest BCUT2D eigenvalue weighted by molar-refractivity contribution is 6.39. The van der Waals surface area contributed by atoms with Crippen molar-refractivity contribution in [1.29, 1.82) is 5.26 Å². The summed E-state index contributed by atoms with van der Waals surface area (Å²) in [5.41, 5.74) is 2.04. The van der Waals surface area contributed by atoms with Crippen LogP contribution in [0, 0.1) is 11.3 Å². The van der Waals surface area contributed by atoms with E-state index in [4.69, 9.17) is 5.26 Å². The number of nitriles is 1. The highest BCUT2D eigenvalue weighted by atomic mass is 16.2. The molecule has 0 spiro atoms. The third kappa shape index (κ3) is 4.65. The Morgan fingerprint density at radius 2 is 1.83 bits per heavy atom. The Hall–Kier alpha value is -3.20. The number of benzene rings is 1. The molecule has 2 amide bonds. The van der Waals surface area contributed by atoms with Crippen LogP contribution in [0.25, 0.3) is 0 Å². The molecule has 0 unspecified atom stereocenters. The number of nitrogens with one attached hydrogen (secondary N) is 1. The van der Waals surface area contributed by atoms with Gasteiger partial charge in [0.25, 0.3) is 0 Å². The van der Waals surface area contributed by atoms with E-state index in [-0.39, 0.29) is 0 Å².